The molecule has 0 saturated heterocycles. The highest BCUT2D eigenvalue weighted by Crippen LogP contribution is 2.01. The summed E-state index contributed by atoms with van der Waals surface area (Å²) in [5, 5.41) is 14.0. The van der Waals surface area contributed by atoms with Crippen molar-refractivity contribution in [2.24, 2.45) is 0 Å². The molecule has 106 valence electrons. The van der Waals surface area contributed by atoms with Gasteiger partial charge in [-0.25, -0.2) is 14.3 Å². The summed E-state index contributed by atoms with van der Waals surface area (Å²) in [4.78, 5) is 21.0. The lowest BCUT2D eigenvalue weighted by molar-refractivity contribution is 0.0694. The molecule has 0 aliphatic rings. The molecule has 2 N–H and O–H groups in total. The van der Waals surface area contributed by atoms with Crippen LogP contribution >= 0.6 is 0 Å². The second-order valence-corrected chi connectivity index (χ2v) is 4.04. The molecule has 0 radical (unpaired) electrons. The molecule has 6 heteroatoms. The first-order valence-electron chi connectivity index (χ1n) is 5.98. The average molecular weight is 278 g/mol. The molecule has 0 unspecified atom stereocenters. The molecule has 1 aromatic heterocycles. The Kier molecular flexibility index (Phi) is 5.58. The van der Waals surface area contributed by atoms with Gasteiger partial charge in [-0.3, -0.25) is 4.79 Å². The van der Waals surface area contributed by atoms with Crippen molar-refractivity contribution < 1.29 is 14.3 Å². The van der Waals surface area contributed by atoms with Crippen molar-refractivity contribution in [1.82, 2.24) is 10.2 Å². The van der Waals surface area contributed by atoms with E-state index in [-0.39, 0.29) is 11.4 Å². The molecule has 0 bridgehead atoms. The van der Waals surface area contributed by atoms with Crippen LogP contribution in [0, 0.1) is 12.7 Å². The quantitative estimate of drug-likeness (QED) is 0.881. The van der Waals surface area contributed by atoms with Crippen LogP contribution in [-0.4, -0.2) is 21.3 Å². The van der Waals surface area contributed by atoms with E-state index >= 15 is 0 Å². The zero-order chi connectivity index (χ0) is 15.1. The third-order valence-electron chi connectivity index (χ3n) is 2.48. The first-order valence-corrected chi connectivity index (χ1v) is 5.98. The van der Waals surface area contributed by atoms with Gasteiger partial charge in [0.1, 0.15) is 11.4 Å². The number of carboxylic acids is 1. The van der Waals surface area contributed by atoms with Crippen LogP contribution in [0.5, 0.6) is 0 Å². The first kappa shape index (κ1) is 15.6. The van der Waals surface area contributed by atoms with Crippen molar-refractivity contribution in [2.75, 3.05) is 0 Å². The molecule has 0 aliphatic carbocycles. The topological polar surface area (TPSA) is 83.0 Å². The molecule has 0 aliphatic heterocycles. The number of benzene rings is 1. The lowest BCUT2D eigenvalue weighted by Crippen LogP contribution is -2.18. The Hall–Kier alpha value is -2.50. The number of carbonyl (C=O) groups is 1. The minimum atomic E-state index is -1.24. The van der Waals surface area contributed by atoms with Crippen molar-refractivity contribution in [1.29, 1.82) is 0 Å². The number of nitrogens with zero attached hydrogens (tertiary/aromatic N) is 1. The largest absolute Gasteiger partial charge is 0.477 e. The van der Waals surface area contributed by atoms with Crippen LogP contribution in [0.25, 0.3) is 0 Å². The van der Waals surface area contributed by atoms with Crippen LogP contribution in [0.3, 0.4) is 0 Å². The second-order valence-electron chi connectivity index (χ2n) is 4.04. The maximum atomic E-state index is 12.2. The van der Waals surface area contributed by atoms with Gasteiger partial charge >= 0.3 is 5.97 Å². The van der Waals surface area contributed by atoms with Gasteiger partial charge in [-0.1, -0.05) is 19.1 Å². The molecule has 0 spiro atoms. The van der Waals surface area contributed by atoms with E-state index in [1.165, 1.54) is 23.8 Å². The van der Waals surface area contributed by atoms with Gasteiger partial charge in [-0.15, -0.1) is 0 Å². The van der Waals surface area contributed by atoms with Crippen molar-refractivity contribution in [3.63, 3.8) is 0 Å². The SMILES string of the molecule is CCc1ccc(F)cc1.Cc1cc(C(=O)O)c(=O)[nH]n1. The third-order valence-corrected chi connectivity index (χ3v) is 2.48. The number of nitrogens with one attached hydrogen (secondary N) is 1. The Balaban J connectivity index is 0.000000204. The Labute approximate surface area is 115 Å². The van der Waals surface area contributed by atoms with Crippen molar-refractivity contribution in [2.45, 2.75) is 20.3 Å². The highest BCUT2D eigenvalue weighted by molar-refractivity contribution is 5.87. The number of aromatic amines is 1. The molecule has 20 heavy (non-hydrogen) atoms. The zero-order valence-corrected chi connectivity index (χ0v) is 11.2. The van der Waals surface area contributed by atoms with Gasteiger partial charge in [0.15, 0.2) is 0 Å². The van der Waals surface area contributed by atoms with E-state index < -0.39 is 11.5 Å². The predicted molar refractivity (Wildman–Crippen MR) is 72.3 cm³/mol. The molecule has 0 amide bonds. The molecule has 1 heterocycles. The molecule has 5 nitrogen and oxygen atoms in total. The minimum Gasteiger partial charge on any atom is -0.477 e. The molecule has 0 saturated carbocycles. The summed E-state index contributed by atoms with van der Waals surface area (Å²) in [7, 11) is 0. The van der Waals surface area contributed by atoms with Gasteiger partial charge < -0.3 is 5.11 Å². The molecular weight excluding hydrogens is 263 g/mol. The standard InChI is InChI=1S/C8H9F.C6H6N2O3/c1-2-7-3-5-8(9)6-4-7;1-3-2-4(6(10)11)5(9)8-7-3/h3-6H,2H2,1H3;2H,1H3,(H,8,9)(H,10,11). The summed E-state index contributed by atoms with van der Waals surface area (Å²) in [5.41, 5.74) is 0.694. The number of aromatic nitrogens is 2. The van der Waals surface area contributed by atoms with Crippen LogP contribution < -0.4 is 5.56 Å². The average Bonchev–Trinajstić information content (AvgIpc) is 2.43. The third kappa shape index (κ3) is 4.64. The van der Waals surface area contributed by atoms with Gasteiger partial charge in [0.05, 0.1) is 5.69 Å². The summed E-state index contributed by atoms with van der Waals surface area (Å²) < 4.78 is 12.2. The highest BCUT2D eigenvalue weighted by Gasteiger charge is 2.07. The Morgan fingerprint density at radius 2 is 1.95 bits per heavy atom. The molecular formula is C14H15FN2O3. The van der Waals surface area contributed by atoms with Gasteiger partial charge in [0.2, 0.25) is 0 Å². The molecule has 2 rings (SSSR count). The van der Waals surface area contributed by atoms with Gasteiger partial charge in [0.25, 0.3) is 5.56 Å². The smallest absolute Gasteiger partial charge is 0.341 e. The number of halogens is 1. The number of H-pyrrole nitrogens is 1. The number of rotatable bonds is 2. The maximum absolute atomic E-state index is 12.2. The normalized spacial score (nSPS) is 9.55. The van der Waals surface area contributed by atoms with Crippen molar-refractivity contribution in [3.05, 3.63) is 63.3 Å². The van der Waals surface area contributed by atoms with E-state index in [1.54, 1.807) is 19.1 Å². The number of aryl methyl sites for hydroxylation is 2. The van der Waals surface area contributed by atoms with Gasteiger partial charge in [0, 0.05) is 0 Å². The number of hydrogen-bond acceptors (Lipinski definition) is 3. The summed E-state index contributed by atoms with van der Waals surface area (Å²) in [6, 6.07) is 7.80. The van der Waals surface area contributed by atoms with Crippen LogP contribution in [0.15, 0.2) is 35.1 Å². The number of hydrogen-bond donors (Lipinski definition) is 2. The van der Waals surface area contributed by atoms with Gasteiger partial charge in [-0.2, -0.15) is 5.10 Å². The fourth-order valence-electron chi connectivity index (χ4n) is 1.38. The second kappa shape index (κ2) is 7.18. The van der Waals surface area contributed by atoms with Crippen molar-refractivity contribution >= 4 is 5.97 Å². The first-order chi connectivity index (χ1) is 9.43. The number of carboxylic acid groups (broad SMARTS) is 1. The van der Waals surface area contributed by atoms with Crippen LogP contribution in [0.1, 0.15) is 28.5 Å². The van der Waals surface area contributed by atoms with Crippen LogP contribution in [0.2, 0.25) is 0 Å². The van der Waals surface area contributed by atoms with E-state index in [4.69, 9.17) is 5.11 Å². The molecule has 2 aromatic rings. The minimum absolute atomic E-state index is 0.160. The van der Waals surface area contributed by atoms with Crippen LogP contribution in [-0.2, 0) is 6.42 Å². The highest BCUT2D eigenvalue weighted by atomic mass is 19.1. The van der Waals surface area contributed by atoms with E-state index in [0.29, 0.717) is 5.69 Å². The van der Waals surface area contributed by atoms with Crippen molar-refractivity contribution in [3.8, 4) is 0 Å². The Bertz CT molecular complexity index is 636. The zero-order valence-electron chi connectivity index (χ0n) is 11.2. The summed E-state index contributed by atoms with van der Waals surface area (Å²) in [6.07, 6.45) is 0.972. The summed E-state index contributed by atoms with van der Waals surface area (Å²) >= 11 is 0. The predicted octanol–water partition coefficient (Wildman–Crippen LogP) is 2.16. The molecule has 0 atom stereocenters. The lowest BCUT2D eigenvalue weighted by Gasteiger charge is -1.92. The monoisotopic (exact) mass is 278 g/mol. The van der Waals surface area contributed by atoms with E-state index in [1.807, 2.05) is 6.92 Å². The lowest BCUT2D eigenvalue weighted by atomic mass is 10.2. The fraction of sp³-hybridized carbons (Fsp3) is 0.214. The van der Waals surface area contributed by atoms with Crippen LogP contribution in [0.4, 0.5) is 4.39 Å². The maximum Gasteiger partial charge on any atom is 0.341 e. The van der Waals surface area contributed by atoms with E-state index in [2.05, 4.69) is 10.2 Å². The number of aromatic carboxylic acids is 1. The summed E-state index contributed by atoms with van der Waals surface area (Å²) in [5.74, 6) is -1.40. The summed E-state index contributed by atoms with van der Waals surface area (Å²) in [6.45, 7) is 3.65. The van der Waals surface area contributed by atoms with E-state index in [9.17, 15) is 14.0 Å². The van der Waals surface area contributed by atoms with Gasteiger partial charge in [-0.05, 0) is 37.1 Å². The molecule has 1 aromatic carbocycles. The molecule has 0 fully saturated rings. The Morgan fingerprint density at radius 3 is 2.40 bits per heavy atom. The fourth-order valence-corrected chi connectivity index (χ4v) is 1.38. The Morgan fingerprint density at radius 1 is 1.35 bits per heavy atom. The van der Waals surface area contributed by atoms with E-state index in [0.717, 1.165) is 6.42 Å².